The summed E-state index contributed by atoms with van der Waals surface area (Å²) in [6.45, 7) is 5.80. The van der Waals surface area contributed by atoms with Gasteiger partial charge < -0.3 is 5.73 Å². The van der Waals surface area contributed by atoms with Gasteiger partial charge in [-0.2, -0.15) is 0 Å². The van der Waals surface area contributed by atoms with Crippen molar-refractivity contribution in [2.24, 2.45) is 17.6 Å². The Balaban J connectivity index is 1.88. The summed E-state index contributed by atoms with van der Waals surface area (Å²) in [5, 5.41) is 0. The SMILES string of the molecule is CC1CCN(C(CN)C2CC2)C1. The smallest absolute Gasteiger partial charge is 0.0246 e. The Morgan fingerprint density at radius 1 is 1.42 bits per heavy atom. The Morgan fingerprint density at radius 3 is 2.58 bits per heavy atom. The molecule has 70 valence electrons. The minimum Gasteiger partial charge on any atom is -0.329 e. The molecule has 2 unspecified atom stereocenters. The monoisotopic (exact) mass is 168 g/mol. The number of rotatable bonds is 3. The highest BCUT2D eigenvalue weighted by atomic mass is 15.2. The average molecular weight is 168 g/mol. The van der Waals surface area contributed by atoms with Gasteiger partial charge in [0.2, 0.25) is 0 Å². The van der Waals surface area contributed by atoms with Crippen LogP contribution in [0.5, 0.6) is 0 Å². The third-order valence-electron chi connectivity index (χ3n) is 3.33. The Morgan fingerprint density at radius 2 is 2.17 bits per heavy atom. The molecule has 0 aromatic heterocycles. The lowest BCUT2D eigenvalue weighted by atomic mass is 10.1. The van der Waals surface area contributed by atoms with Crippen molar-refractivity contribution < 1.29 is 0 Å². The van der Waals surface area contributed by atoms with Gasteiger partial charge in [-0.05, 0) is 37.6 Å². The van der Waals surface area contributed by atoms with Gasteiger partial charge in [-0.25, -0.2) is 0 Å². The molecule has 2 N–H and O–H groups in total. The second kappa shape index (κ2) is 3.35. The van der Waals surface area contributed by atoms with Gasteiger partial charge in [0.25, 0.3) is 0 Å². The molecule has 12 heavy (non-hydrogen) atoms. The number of nitrogens with zero attached hydrogens (tertiary/aromatic N) is 1. The molecule has 0 radical (unpaired) electrons. The quantitative estimate of drug-likeness (QED) is 0.683. The van der Waals surface area contributed by atoms with Crippen LogP contribution < -0.4 is 5.73 Å². The Bertz CT molecular complexity index is 154. The van der Waals surface area contributed by atoms with Gasteiger partial charge in [-0.3, -0.25) is 4.90 Å². The fourth-order valence-electron chi connectivity index (χ4n) is 2.39. The van der Waals surface area contributed by atoms with Crippen LogP contribution in [0.4, 0.5) is 0 Å². The van der Waals surface area contributed by atoms with Crippen LogP contribution in [0.25, 0.3) is 0 Å². The highest BCUT2D eigenvalue weighted by Crippen LogP contribution is 2.36. The van der Waals surface area contributed by atoms with Crippen molar-refractivity contribution in [3.05, 3.63) is 0 Å². The first-order valence-corrected chi connectivity index (χ1v) is 5.25. The standard InChI is InChI=1S/C10H20N2/c1-8-4-5-12(7-8)10(6-11)9-2-3-9/h8-10H,2-7,11H2,1H3. The van der Waals surface area contributed by atoms with Gasteiger partial charge in [0, 0.05) is 19.1 Å². The van der Waals surface area contributed by atoms with E-state index >= 15 is 0 Å². The zero-order chi connectivity index (χ0) is 8.55. The first-order chi connectivity index (χ1) is 5.81. The Kier molecular flexibility index (Phi) is 2.37. The van der Waals surface area contributed by atoms with Gasteiger partial charge in [0.05, 0.1) is 0 Å². The molecule has 2 aliphatic rings. The van der Waals surface area contributed by atoms with E-state index in [1.54, 1.807) is 0 Å². The molecule has 1 heterocycles. The molecule has 2 fully saturated rings. The maximum absolute atomic E-state index is 5.80. The summed E-state index contributed by atoms with van der Waals surface area (Å²) >= 11 is 0. The Hall–Kier alpha value is -0.0800. The predicted molar refractivity (Wildman–Crippen MR) is 50.9 cm³/mol. The molecule has 1 saturated heterocycles. The Labute approximate surface area is 75.1 Å². The van der Waals surface area contributed by atoms with Crippen molar-refractivity contribution in [1.29, 1.82) is 0 Å². The minimum absolute atomic E-state index is 0.718. The van der Waals surface area contributed by atoms with Crippen LogP contribution in [0, 0.1) is 11.8 Å². The van der Waals surface area contributed by atoms with Gasteiger partial charge >= 0.3 is 0 Å². The lowest BCUT2D eigenvalue weighted by Crippen LogP contribution is -2.40. The van der Waals surface area contributed by atoms with Gasteiger partial charge in [0.15, 0.2) is 0 Å². The minimum atomic E-state index is 0.718. The fourth-order valence-corrected chi connectivity index (χ4v) is 2.39. The molecular weight excluding hydrogens is 148 g/mol. The van der Waals surface area contributed by atoms with Crippen LogP contribution in [0.2, 0.25) is 0 Å². The van der Waals surface area contributed by atoms with Crippen molar-refractivity contribution >= 4 is 0 Å². The normalized spacial score (nSPS) is 34.0. The molecule has 1 aliphatic heterocycles. The first kappa shape index (κ1) is 8.52. The molecule has 2 nitrogen and oxygen atoms in total. The van der Waals surface area contributed by atoms with Crippen molar-refractivity contribution in [2.75, 3.05) is 19.6 Å². The van der Waals surface area contributed by atoms with Crippen LogP contribution in [0.15, 0.2) is 0 Å². The van der Waals surface area contributed by atoms with Crippen molar-refractivity contribution in [1.82, 2.24) is 4.90 Å². The molecule has 0 aromatic carbocycles. The molecule has 1 aliphatic carbocycles. The molecule has 0 bridgehead atoms. The summed E-state index contributed by atoms with van der Waals surface area (Å²) in [5.41, 5.74) is 5.80. The number of hydrogen-bond acceptors (Lipinski definition) is 2. The number of hydrogen-bond donors (Lipinski definition) is 1. The average Bonchev–Trinajstić information content (AvgIpc) is 2.78. The van der Waals surface area contributed by atoms with Crippen LogP contribution >= 0.6 is 0 Å². The number of likely N-dealkylation sites (tertiary alicyclic amines) is 1. The number of nitrogens with two attached hydrogens (primary N) is 1. The van der Waals surface area contributed by atoms with Gasteiger partial charge in [-0.15, -0.1) is 0 Å². The van der Waals surface area contributed by atoms with Crippen molar-refractivity contribution in [3.8, 4) is 0 Å². The maximum Gasteiger partial charge on any atom is 0.0246 e. The van der Waals surface area contributed by atoms with Crippen molar-refractivity contribution in [2.45, 2.75) is 32.2 Å². The predicted octanol–water partition coefficient (Wildman–Crippen LogP) is 1.07. The summed E-state index contributed by atoms with van der Waals surface area (Å²) in [7, 11) is 0. The third kappa shape index (κ3) is 1.64. The van der Waals surface area contributed by atoms with E-state index in [0.717, 1.165) is 24.4 Å². The lowest BCUT2D eigenvalue weighted by Gasteiger charge is -2.26. The van der Waals surface area contributed by atoms with Crippen LogP contribution in [-0.2, 0) is 0 Å². The highest BCUT2D eigenvalue weighted by molar-refractivity contribution is 4.91. The van der Waals surface area contributed by atoms with E-state index in [1.807, 2.05) is 0 Å². The maximum atomic E-state index is 5.80. The van der Waals surface area contributed by atoms with E-state index in [0.29, 0.717) is 0 Å². The summed E-state index contributed by atoms with van der Waals surface area (Å²) in [4.78, 5) is 2.61. The van der Waals surface area contributed by atoms with Gasteiger partial charge in [0.1, 0.15) is 0 Å². The summed E-state index contributed by atoms with van der Waals surface area (Å²) < 4.78 is 0. The summed E-state index contributed by atoms with van der Waals surface area (Å²) in [6.07, 6.45) is 4.22. The largest absolute Gasteiger partial charge is 0.329 e. The summed E-state index contributed by atoms with van der Waals surface area (Å²) in [6, 6.07) is 0.718. The van der Waals surface area contributed by atoms with E-state index in [1.165, 1.54) is 32.4 Å². The molecule has 0 amide bonds. The van der Waals surface area contributed by atoms with E-state index < -0.39 is 0 Å². The topological polar surface area (TPSA) is 29.3 Å². The van der Waals surface area contributed by atoms with Crippen LogP contribution in [-0.4, -0.2) is 30.6 Å². The van der Waals surface area contributed by atoms with E-state index in [9.17, 15) is 0 Å². The molecular formula is C10H20N2. The van der Waals surface area contributed by atoms with E-state index in [4.69, 9.17) is 5.73 Å². The lowest BCUT2D eigenvalue weighted by molar-refractivity contribution is 0.217. The highest BCUT2D eigenvalue weighted by Gasteiger charge is 2.36. The second-order valence-corrected chi connectivity index (χ2v) is 4.53. The van der Waals surface area contributed by atoms with E-state index in [-0.39, 0.29) is 0 Å². The van der Waals surface area contributed by atoms with Gasteiger partial charge in [-0.1, -0.05) is 6.92 Å². The summed E-state index contributed by atoms with van der Waals surface area (Å²) in [5.74, 6) is 1.85. The molecule has 2 atom stereocenters. The molecule has 2 rings (SSSR count). The third-order valence-corrected chi connectivity index (χ3v) is 3.33. The van der Waals surface area contributed by atoms with Crippen molar-refractivity contribution in [3.63, 3.8) is 0 Å². The van der Waals surface area contributed by atoms with Crippen LogP contribution in [0.3, 0.4) is 0 Å². The fraction of sp³-hybridized carbons (Fsp3) is 1.00. The first-order valence-electron chi connectivity index (χ1n) is 5.25. The second-order valence-electron chi connectivity index (χ2n) is 4.53. The van der Waals surface area contributed by atoms with E-state index in [2.05, 4.69) is 11.8 Å². The van der Waals surface area contributed by atoms with Crippen LogP contribution in [0.1, 0.15) is 26.2 Å². The molecule has 2 heteroatoms. The zero-order valence-corrected chi connectivity index (χ0v) is 8.00. The molecule has 0 spiro atoms. The molecule has 1 saturated carbocycles. The molecule has 0 aromatic rings. The zero-order valence-electron chi connectivity index (χ0n) is 8.00.